The average Bonchev–Trinajstić information content (AvgIpc) is 3.19. The van der Waals surface area contributed by atoms with Crippen LogP contribution in [0.3, 0.4) is 0 Å². The lowest BCUT2D eigenvalue weighted by molar-refractivity contribution is -0.945. The third kappa shape index (κ3) is 4.43. The van der Waals surface area contributed by atoms with E-state index in [1.807, 2.05) is 35.1 Å². The zero-order valence-corrected chi connectivity index (χ0v) is 16.9. The van der Waals surface area contributed by atoms with Gasteiger partial charge in [-0.05, 0) is 12.0 Å². The predicted octanol–water partition coefficient (Wildman–Crippen LogP) is -0.569. The van der Waals surface area contributed by atoms with E-state index in [1.165, 1.54) is 4.90 Å². The second kappa shape index (κ2) is 8.92. The summed E-state index contributed by atoms with van der Waals surface area (Å²) in [7, 11) is 1.65. The van der Waals surface area contributed by atoms with Crippen molar-refractivity contribution < 1.29 is 19.5 Å². The molecule has 2 bridgehead atoms. The fraction of sp³-hybridized carbons (Fsp3) is 0.571. The highest BCUT2D eigenvalue weighted by Gasteiger charge is 2.46. The molecule has 8 nitrogen and oxygen atoms in total. The number of piperidine rings is 3. The van der Waals surface area contributed by atoms with Crippen LogP contribution in [0.2, 0.25) is 0 Å². The van der Waals surface area contributed by atoms with Crippen LogP contribution in [-0.4, -0.2) is 58.9 Å². The third-order valence-electron chi connectivity index (χ3n) is 6.40. The number of fused-ring (bicyclic) bond motifs is 3. The van der Waals surface area contributed by atoms with E-state index < -0.39 is 0 Å². The van der Waals surface area contributed by atoms with E-state index in [0.717, 1.165) is 49.5 Å². The largest absolute Gasteiger partial charge is 0.496 e. The summed E-state index contributed by atoms with van der Waals surface area (Å²) in [5.41, 5.74) is 1.83. The number of methoxy groups -OCH3 is 1. The molecule has 3 saturated heterocycles. The van der Waals surface area contributed by atoms with E-state index in [-0.39, 0.29) is 18.4 Å². The summed E-state index contributed by atoms with van der Waals surface area (Å²) in [6, 6.07) is 8.27. The van der Waals surface area contributed by atoms with E-state index in [9.17, 15) is 4.79 Å². The molecule has 0 spiro atoms. The van der Waals surface area contributed by atoms with E-state index in [1.54, 1.807) is 7.11 Å². The van der Waals surface area contributed by atoms with Gasteiger partial charge in [0.05, 0.1) is 38.4 Å². The highest BCUT2D eigenvalue weighted by Crippen LogP contribution is 2.28. The predicted molar refractivity (Wildman–Crippen MR) is 106 cm³/mol. The summed E-state index contributed by atoms with van der Waals surface area (Å²) in [5.74, 6) is 1.46. The van der Waals surface area contributed by atoms with Gasteiger partial charge < -0.3 is 20.1 Å². The number of amides is 1. The molecule has 3 aliphatic rings. The maximum absolute atomic E-state index is 12.9. The lowest BCUT2D eigenvalue weighted by Crippen LogP contribution is -3.20. The molecule has 0 saturated carbocycles. The summed E-state index contributed by atoms with van der Waals surface area (Å²) < 4.78 is 7.27. The second-order valence-electron chi connectivity index (χ2n) is 8.14. The van der Waals surface area contributed by atoms with E-state index in [4.69, 9.17) is 9.84 Å². The first-order valence-electron chi connectivity index (χ1n) is 10.4. The fourth-order valence-electron chi connectivity index (χ4n) is 4.86. The molecule has 5 rings (SSSR count). The molecule has 2 aromatic rings. The lowest BCUT2D eigenvalue weighted by Gasteiger charge is -2.46. The Hall–Kier alpha value is -2.45. The minimum atomic E-state index is 0.0744. The standard InChI is InChI=1S/C21H29N5O3/c1-29-20-5-3-2-4-16(20)11-22-21(28)19-14-25-8-6-15(19)10-18(25)13-26-12-17(7-9-27)23-24-26/h2-5,12,15,18-19,27H,6-11,13-14H2,1H3,(H,22,28)/p+1/t15-,18+,19-/m0/s1. The number of nitrogens with zero attached hydrogens (tertiary/aromatic N) is 3. The van der Waals surface area contributed by atoms with Crippen molar-refractivity contribution in [1.82, 2.24) is 20.3 Å². The van der Waals surface area contributed by atoms with Crippen LogP contribution in [0.5, 0.6) is 5.75 Å². The molecule has 1 aromatic heterocycles. The summed E-state index contributed by atoms with van der Waals surface area (Å²) in [5, 5.41) is 20.5. The minimum Gasteiger partial charge on any atom is -0.496 e. The van der Waals surface area contributed by atoms with Crippen molar-refractivity contribution in [2.45, 2.75) is 38.4 Å². The molecule has 8 heteroatoms. The van der Waals surface area contributed by atoms with E-state index in [2.05, 4.69) is 15.6 Å². The van der Waals surface area contributed by atoms with E-state index >= 15 is 0 Å². The normalized spacial score (nSPS) is 25.7. The molecule has 29 heavy (non-hydrogen) atoms. The van der Waals surface area contributed by atoms with Gasteiger partial charge in [-0.25, -0.2) is 4.68 Å². The Morgan fingerprint density at radius 3 is 3.03 bits per heavy atom. The molecule has 4 heterocycles. The maximum Gasteiger partial charge on any atom is 0.229 e. The molecular formula is C21H30N5O3+. The van der Waals surface area contributed by atoms with Crippen LogP contribution in [0.15, 0.2) is 30.5 Å². The number of quaternary nitrogens is 1. The van der Waals surface area contributed by atoms with Crippen LogP contribution in [0, 0.1) is 11.8 Å². The number of carbonyl (C=O) groups excluding carboxylic acids is 1. The number of para-hydroxylation sites is 1. The Morgan fingerprint density at radius 2 is 2.28 bits per heavy atom. The number of rotatable bonds is 8. The Morgan fingerprint density at radius 1 is 1.41 bits per heavy atom. The van der Waals surface area contributed by atoms with Crippen molar-refractivity contribution in [1.29, 1.82) is 0 Å². The number of aliphatic hydroxyl groups excluding tert-OH is 1. The Kier molecular flexibility index (Phi) is 6.10. The Labute approximate surface area is 170 Å². The van der Waals surface area contributed by atoms with Crippen molar-refractivity contribution in [2.24, 2.45) is 11.8 Å². The highest BCUT2D eigenvalue weighted by atomic mass is 16.5. The number of nitrogens with one attached hydrogen (secondary N) is 2. The Balaban J connectivity index is 1.33. The molecule has 1 unspecified atom stereocenters. The zero-order valence-electron chi connectivity index (χ0n) is 16.9. The van der Waals surface area contributed by atoms with E-state index in [0.29, 0.717) is 24.9 Å². The molecule has 0 radical (unpaired) electrons. The lowest BCUT2D eigenvalue weighted by atomic mass is 9.75. The molecule has 156 valence electrons. The first-order valence-corrected chi connectivity index (χ1v) is 10.4. The molecule has 1 aromatic carbocycles. The van der Waals surface area contributed by atoms with Gasteiger partial charge in [0.15, 0.2) is 0 Å². The number of aromatic nitrogens is 3. The SMILES string of the molecule is COc1ccccc1CNC(=O)[C@H]1C[NH+]2CC[C@H]1C[C@@H]2Cn1cc(CCO)nn1. The fourth-order valence-corrected chi connectivity index (χ4v) is 4.86. The molecule has 3 fully saturated rings. The number of hydrogen-bond acceptors (Lipinski definition) is 5. The molecule has 0 aliphatic carbocycles. The summed E-state index contributed by atoms with van der Waals surface area (Å²) in [6.45, 7) is 3.40. The van der Waals surface area contributed by atoms with Gasteiger partial charge >= 0.3 is 0 Å². The molecule has 4 atom stereocenters. The van der Waals surface area contributed by atoms with Crippen LogP contribution in [0.25, 0.3) is 0 Å². The van der Waals surface area contributed by atoms with Gasteiger partial charge in [0.1, 0.15) is 11.8 Å². The Bertz CT molecular complexity index is 839. The topological polar surface area (TPSA) is 93.7 Å². The number of benzene rings is 1. The van der Waals surface area contributed by atoms with Gasteiger partial charge in [0.25, 0.3) is 0 Å². The minimum absolute atomic E-state index is 0.0744. The zero-order chi connectivity index (χ0) is 20.2. The highest BCUT2D eigenvalue weighted by molar-refractivity contribution is 5.79. The van der Waals surface area contributed by atoms with Gasteiger partial charge in [0.2, 0.25) is 5.91 Å². The van der Waals surface area contributed by atoms with Gasteiger partial charge in [-0.1, -0.05) is 23.4 Å². The van der Waals surface area contributed by atoms with Crippen molar-refractivity contribution >= 4 is 5.91 Å². The first-order chi connectivity index (χ1) is 14.2. The molecular weight excluding hydrogens is 370 g/mol. The van der Waals surface area contributed by atoms with Gasteiger partial charge in [-0.15, -0.1) is 5.10 Å². The number of carbonyl (C=O) groups is 1. The summed E-state index contributed by atoms with van der Waals surface area (Å²) >= 11 is 0. The molecule has 3 N–H and O–H groups in total. The number of hydrogen-bond donors (Lipinski definition) is 3. The van der Waals surface area contributed by atoms with Gasteiger partial charge in [-0.3, -0.25) is 4.79 Å². The van der Waals surface area contributed by atoms with Crippen molar-refractivity contribution in [3.63, 3.8) is 0 Å². The summed E-state index contributed by atoms with van der Waals surface area (Å²) in [4.78, 5) is 14.4. The van der Waals surface area contributed by atoms with Crippen molar-refractivity contribution in [3.8, 4) is 5.75 Å². The smallest absolute Gasteiger partial charge is 0.229 e. The molecule has 3 aliphatic heterocycles. The molecule has 1 amide bonds. The van der Waals surface area contributed by atoms with Gasteiger partial charge in [0, 0.05) is 44.2 Å². The number of ether oxygens (including phenoxy) is 1. The average molecular weight is 401 g/mol. The monoisotopic (exact) mass is 400 g/mol. The quantitative estimate of drug-likeness (QED) is 0.552. The van der Waals surface area contributed by atoms with Crippen LogP contribution < -0.4 is 15.0 Å². The van der Waals surface area contributed by atoms with Crippen LogP contribution in [0.1, 0.15) is 24.1 Å². The van der Waals surface area contributed by atoms with Gasteiger partial charge in [-0.2, -0.15) is 0 Å². The first kappa shape index (κ1) is 19.8. The second-order valence-corrected chi connectivity index (χ2v) is 8.14. The maximum atomic E-state index is 12.9. The summed E-state index contributed by atoms with van der Waals surface area (Å²) in [6.07, 6.45) is 4.61. The van der Waals surface area contributed by atoms with Crippen LogP contribution in [-0.2, 0) is 24.3 Å². The third-order valence-corrected chi connectivity index (χ3v) is 6.40. The van der Waals surface area contributed by atoms with Crippen LogP contribution >= 0.6 is 0 Å². The van der Waals surface area contributed by atoms with Crippen molar-refractivity contribution in [3.05, 3.63) is 41.7 Å². The number of aliphatic hydroxyl groups is 1. The van der Waals surface area contributed by atoms with Crippen molar-refractivity contribution in [2.75, 3.05) is 26.8 Å². The van der Waals surface area contributed by atoms with Crippen LogP contribution in [0.4, 0.5) is 0 Å².